The summed E-state index contributed by atoms with van der Waals surface area (Å²) in [6.45, 7) is 7.86. The number of likely N-dealkylation sites (N-methyl/N-ethyl adjacent to an activating group) is 1. The van der Waals surface area contributed by atoms with E-state index in [1.165, 1.54) is 0 Å². The van der Waals surface area contributed by atoms with E-state index in [-0.39, 0.29) is 30.9 Å². The Labute approximate surface area is 200 Å². The van der Waals surface area contributed by atoms with Crippen molar-refractivity contribution in [3.05, 3.63) is 54.2 Å². The maximum absolute atomic E-state index is 12.3. The minimum atomic E-state index is -0.664. The first kappa shape index (κ1) is 25.4. The van der Waals surface area contributed by atoms with Crippen molar-refractivity contribution in [1.29, 1.82) is 0 Å². The number of carbonyl (C=O) groups is 1. The molecule has 184 valence electrons. The van der Waals surface area contributed by atoms with Crippen molar-refractivity contribution in [2.75, 3.05) is 32.8 Å². The van der Waals surface area contributed by atoms with Crippen molar-refractivity contribution in [3.8, 4) is 17.2 Å². The van der Waals surface area contributed by atoms with Crippen molar-refractivity contribution in [2.24, 2.45) is 0 Å². The number of hydrogen-bond acceptors (Lipinski definition) is 6. The SMILES string of the molecule is CCN(CC)C(=O)COc1cccc2c(C[C@@H](C)NC[C@H](O)COc3ccc(O)cc3)c[nH]c12. The van der Waals surface area contributed by atoms with Crippen molar-refractivity contribution < 1.29 is 24.5 Å². The zero-order valence-electron chi connectivity index (χ0n) is 20.1. The van der Waals surface area contributed by atoms with Gasteiger partial charge in [0.15, 0.2) is 6.61 Å². The molecule has 0 unspecified atom stereocenters. The second-order valence-corrected chi connectivity index (χ2v) is 8.32. The Morgan fingerprint density at radius 3 is 2.56 bits per heavy atom. The van der Waals surface area contributed by atoms with Gasteiger partial charge in [0.05, 0.1) is 5.52 Å². The number of phenolic OH excluding ortho intramolecular Hbond substituents is 1. The molecule has 0 aliphatic carbocycles. The molecule has 0 spiro atoms. The van der Waals surface area contributed by atoms with Crippen LogP contribution < -0.4 is 14.8 Å². The molecule has 0 bridgehead atoms. The summed E-state index contributed by atoms with van der Waals surface area (Å²) in [4.78, 5) is 17.3. The van der Waals surface area contributed by atoms with Gasteiger partial charge in [-0.3, -0.25) is 4.79 Å². The van der Waals surface area contributed by atoms with Crippen LogP contribution in [0, 0.1) is 0 Å². The Bertz CT molecular complexity index is 1050. The zero-order valence-corrected chi connectivity index (χ0v) is 20.1. The summed E-state index contributed by atoms with van der Waals surface area (Å²) in [5.74, 6) is 1.40. The number of carbonyl (C=O) groups excluding carboxylic acids is 1. The largest absolute Gasteiger partial charge is 0.508 e. The number of H-pyrrole nitrogens is 1. The van der Waals surface area contributed by atoms with Crippen LogP contribution in [0.3, 0.4) is 0 Å². The summed E-state index contributed by atoms with van der Waals surface area (Å²) in [5, 5.41) is 23.9. The number of aromatic nitrogens is 1. The maximum Gasteiger partial charge on any atom is 0.260 e. The molecule has 3 aromatic rings. The second-order valence-electron chi connectivity index (χ2n) is 8.32. The molecule has 8 heteroatoms. The fraction of sp³-hybridized carbons (Fsp3) is 0.423. The summed E-state index contributed by atoms with van der Waals surface area (Å²) >= 11 is 0. The zero-order chi connectivity index (χ0) is 24.5. The Morgan fingerprint density at radius 1 is 1.12 bits per heavy atom. The molecule has 34 heavy (non-hydrogen) atoms. The van der Waals surface area contributed by atoms with Crippen LogP contribution in [0.25, 0.3) is 10.9 Å². The third-order valence-electron chi connectivity index (χ3n) is 5.74. The first-order chi connectivity index (χ1) is 16.4. The van der Waals surface area contributed by atoms with Gasteiger partial charge >= 0.3 is 0 Å². The minimum absolute atomic E-state index is 0.0111. The Kier molecular flexibility index (Phi) is 9.18. The molecule has 1 aromatic heterocycles. The van der Waals surface area contributed by atoms with Crippen molar-refractivity contribution in [1.82, 2.24) is 15.2 Å². The molecule has 0 fully saturated rings. The van der Waals surface area contributed by atoms with Crippen LogP contribution >= 0.6 is 0 Å². The summed E-state index contributed by atoms with van der Waals surface area (Å²) in [5.41, 5.74) is 2.00. The van der Waals surface area contributed by atoms with Crippen molar-refractivity contribution >= 4 is 16.8 Å². The molecular weight excluding hydrogens is 434 g/mol. The number of aliphatic hydroxyl groups is 1. The molecule has 2 aromatic carbocycles. The van der Waals surface area contributed by atoms with Gasteiger partial charge in [-0.1, -0.05) is 12.1 Å². The molecule has 0 saturated heterocycles. The van der Waals surface area contributed by atoms with Gasteiger partial charge in [0.1, 0.15) is 30.0 Å². The number of phenols is 1. The van der Waals surface area contributed by atoms with Crippen molar-refractivity contribution in [2.45, 2.75) is 39.3 Å². The predicted molar refractivity (Wildman–Crippen MR) is 132 cm³/mol. The first-order valence-electron chi connectivity index (χ1n) is 11.7. The van der Waals surface area contributed by atoms with E-state index >= 15 is 0 Å². The van der Waals surface area contributed by atoms with Gasteiger partial charge in [0.25, 0.3) is 5.91 Å². The number of rotatable bonds is 13. The van der Waals surface area contributed by atoms with Crippen LogP contribution in [0.5, 0.6) is 17.2 Å². The lowest BCUT2D eigenvalue weighted by atomic mass is 10.1. The highest BCUT2D eigenvalue weighted by atomic mass is 16.5. The molecular formula is C26H35N3O5. The molecule has 0 aliphatic rings. The topological polar surface area (TPSA) is 107 Å². The van der Waals surface area contributed by atoms with Crippen LogP contribution in [-0.4, -0.2) is 71.0 Å². The van der Waals surface area contributed by atoms with Crippen LogP contribution in [-0.2, 0) is 11.2 Å². The van der Waals surface area contributed by atoms with Gasteiger partial charge in [-0.2, -0.15) is 0 Å². The van der Waals surface area contributed by atoms with E-state index in [9.17, 15) is 15.0 Å². The normalized spacial score (nSPS) is 12.9. The average Bonchev–Trinajstić information content (AvgIpc) is 3.25. The molecule has 2 atom stereocenters. The summed E-state index contributed by atoms with van der Waals surface area (Å²) in [6, 6.07) is 12.4. The number of hydrogen-bond donors (Lipinski definition) is 4. The van der Waals surface area contributed by atoms with Crippen LogP contribution in [0.1, 0.15) is 26.3 Å². The van der Waals surface area contributed by atoms with Crippen LogP contribution in [0.15, 0.2) is 48.7 Å². The number of para-hydroxylation sites is 1. The lowest BCUT2D eigenvalue weighted by Gasteiger charge is -2.19. The highest BCUT2D eigenvalue weighted by Crippen LogP contribution is 2.28. The monoisotopic (exact) mass is 469 g/mol. The van der Waals surface area contributed by atoms with Gasteiger partial charge in [-0.25, -0.2) is 0 Å². The van der Waals surface area contributed by atoms with Crippen LogP contribution in [0.2, 0.25) is 0 Å². The average molecular weight is 470 g/mol. The minimum Gasteiger partial charge on any atom is -0.508 e. The highest BCUT2D eigenvalue weighted by molar-refractivity contribution is 5.89. The number of benzene rings is 2. The highest BCUT2D eigenvalue weighted by Gasteiger charge is 2.15. The first-order valence-corrected chi connectivity index (χ1v) is 11.7. The summed E-state index contributed by atoms with van der Waals surface area (Å²) in [6.07, 6.45) is 2.06. The molecule has 0 radical (unpaired) electrons. The number of aromatic amines is 1. The summed E-state index contributed by atoms with van der Waals surface area (Å²) in [7, 11) is 0. The lowest BCUT2D eigenvalue weighted by Crippen LogP contribution is -2.37. The fourth-order valence-electron chi connectivity index (χ4n) is 3.81. The van der Waals surface area contributed by atoms with Crippen LogP contribution in [0.4, 0.5) is 0 Å². The number of nitrogens with zero attached hydrogens (tertiary/aromatic N) is 1. The van der Waals surface area contributed by atoms with E-state index in [2.05, 4.69) is 17.2 Å². The third-order valence-corrected chi connectivity index (χ3v) is 5.74. The predicted octanol–water partition coefficient (Wildman–Crippen LogP) is 3.08. The molecule has 4 N–H and O–H groups in total. The van der Waals surface area contributed by atoms with E-state index in [0.717, 1.165) is 22.9 Å². The molecule has 0 saturated carbocycles. The molecule has 1 heterocycles. The van der Waals surface area contributed by atoms with Gasteiger partial charge in [-0.15, -0.1) is 0 Å². The smallest absolute Gasteiger partial charge is 0.260 e. The van der Waals surface area contributed by atoms with E-state index in [0.29, 0.717) is 31.1 Å². The maximum atomic E-state index is 12.3. The molecule has 8 nitrogen and oxygen atoms in total. The number of aliphatic hydroxyl groups excluding tert-OH is 1. The molecule has 3 rings (SSSR count). The number of aromatic hydroxyl groups is 1. The standard InChI is InChI=1S/C26H35N3O5/c1-4-29(5-2)25(32)17-34-24-8-6-7-23-19(14-28-26(23)24)13-18(3)27-15-21(31)16-33-22-11-9-20(30)10-12-22/h6-12,14,18,21,27-28,30-31H,4-5,13,15-17H2,1-3H3/t18-,21+/m1/s1. The Balaban J connectivity index is 1.51. The number of fused-ring (bicyclic) bond motifs is 1. The number of amides is 1. The quantitative estimate of drug-likeness (QED) is 0.307. The molecule has 1 amide bonds. The van der Waals surface area contributed by atoms with Gasteiger partial charge < -0.3 is 34.9 Å². The number of ether oxygens (including phenoxy) is 2. The second kappa shape index (κ2) is 12.3. The third kappa shape index (κ3) is 6.88. The van der Waals surface area contributed by atoms with E-state index in [1.54, 1.807) is 29.2 Å². The Hall–Kier alpha value is -3.23. The van der Waals surface area contributed by atoms with Gasteiger partial charge in [-0.05, 0) is 63.1 Å². The van der Waals surface area contributed by atoms with E-state index < -0.39 is 6.10 Å². The van der Waals surface area contributed by atoms with Gasteiger partial charge in [0.2, 0.25) is 0 Å². The van der Waals surface area contributed by atoms with Crippen molar-refractivity contribution in [3.63, 3.8) is 0 Å². The number of nitrogens with one attached hydrogen (secondary N) is 2. The van der Waals surface area contributed by atoms with E-state index in [1.807, 2.05) is 38.2 Å². The summed E-state index contributed by atoms with van der Waals surface area (Å²) < 4.78 is 11.4. The Morgan fingerprint density at radius 2 is 1.85 bits per heavy atom. The molecule has 0 aliphatic heterocycles. The van der Waals surface area contributed by atoms with Gasteiger partial charge in [0, 0.05) is 37.3 Å². The lowest BCUT2D eigenvalue weighted by molar-refractivity contribution is -0.132. The van der Waals surface area contributed by atoms with E-state index in [4.69, 9.17) is 9.47 Å². The fourth-order valence-corrected chi connectivity index (χ4v) is 3.81.